The van der Waals surface area contributed by atoms with Gasteiger partial charge in [0, 0.05) is 16.6 Å². The number of hydrogen-bond acceptors (Lipinski definition) is 4. The molecule has 3 rings (SSSR count). The molecule has 24 heavy (non-hydrogen) atoms. The van der Waals surface area contributed by atoms with Gasteiger partial charge in [-0.2, -0.15) is 0 Å². The molecule has 5 nitrogen and oxygen atoms in total. The van der Waals surface area contributed by atoms with Crippen LogP contribution in [0.15, 0.2) is 29.6 Å². The Morgan fingerprint density at radius 1 is 1.46 bits per heavy atom. The summed E-state index contributed by atoms with van der Waals surface area (Å²) in [7, 11) is 0. The average molecular weight is 345 g/mol. The molecule has 2 atom stereocenters. The van der Waals surface area contributed by atoms with Crippen molar-refractivity contribution >= 4 is 17.4 Å². The van der Waals surface area contributed by atoms with Crippen molar-refractivity contribution in [1.29, 1.82) is 0 Å². The van der Waals surface area contributed by atoms with Crippen LogP contribution in [0.2, 0.25) is 0 Å². The van der Waals surface area contributed by atoms with Crippen LogP contribution in [-0.2, 0) is 0 Å². The summed E-state index contributed by atoms with van der Waals surface area (Å²) in [6.45, 7) is 4.71. The molecule has 2 aromatic rings. The molecule has 1 aliphatic rings. The van der Waals surface area contributed by atoms with Crippen LogP contribution in [0, 0.1) is 6.92 Å². The number of nitrogens with one attached hydrogen (secondary N) is 2. The fourth-order valence-electron chi connectivity index (χ4n) is 2.90. The quantitative estimate of drug-likeness (QED) is 0.876. The molecular weight excluding hydrogens is 322 g/mol. The van der Waals surface area contributed by atoms with Gasteiger partial charge in [-0.05, 0) is 32.3 Å². The van der Waals surface area contributed by atoms with Gasteiger partial charge >= 0.3 is 6.03 Å². The third-order valence-electron chi connectivity index (χ3n) is 4.14. The van der Waals surface area contributed by atoms with Crippen molar-refractivity contribution in [2.75, 3.05) is 6.61 Å². The zero-order chi connectivity index (χ0) is 16.9. The fourth-order valence-corrected chi connectivity index (χ4v) is 3.83. The molecule has 0 unspecified atom stereocenters. The number of fused-ring (bicyclic) bond motifs is 1. The second kappa shape index (κ2) is 7.66. The fraction of sp³-hybridized carbons (Fsp3) is 0.444. The van der Waals surface area contributed by atoms with Crippen molar-refractivity contribution in [3.05, 3.63) is 45.9 Å². The maximum absolute atomic E-state index is 12.5. The maximum Gasteiger partial charge on any atom is 0.315 e. The van der Waals surface area contributed by atoms with Gasteiger partial charge < -0.3 is 15.4 Å². The number of aromatic nitrogens is 1. The number of urea groups is 1. The second-order valence-electron chi connectivity index (χ2n) is 5.99. The number of carbonyl (C=O) groups excluding carboxylic acids is 1. The van der Waals surface area contributed by atoms with Crippen LogP contribution in [-0.4, -0.2) is 17.6 Å². The van der Waals surface area contributed by atoms with E-state index in [-0.39, 0.29) is 18.1 Å². The van der Waals surface area contributed by atoms with E-state index in [1.165, 1.54) is 0 Å². The average Bonchev–Trinajstić information content (AvgIpc) is 2.91. The van der Waals surface area contributed by atoms with Crippen molar-refractivity contribution < 1.29 is 9.53 Å². The number of thiazole rings is 1. The zero-order valence-electron chi connectivity index (χ0n) is 14.0. The van der Waals surface area contributed by atoms with Gasteiger partial charge in [0.1, 0.15) is 10.8 Å². The van der Waals surface area contributed by atoms with E-state index in [4.69, 9.17) is 4.74 Å². The Hall–Kier alpha value is -2.08. The van der Waals surface area contributed by atoms with E-state index in [2.05, 4.69) is 22.5 Å². The summed E-state index contributed by atoms with van der Waals surface area (Å²) < 4.78 is 5.75. The molecule has 0 radical (unpaired) electrons. The van der Waals surface area contributed by atoms with Crippen LogP contribution in [0.4, 0.5) is 4.79 Å². The summed E-state index contributed by atoms with van der Waals surface area (Å²) in [6, 6.07) is 7.68. The normalized spacial score (nSPS) is 18.0. The molecule has 6 heteroatoms. The largest absolute Gasteiger partial charge is 0.493 e. The summed E-state index contributed by atoms with van der Waals surface area (Å²) in [5, 5.41) is 9.12. The first-order valence-corrected chi connectivity index (χ1v) is 9.26. The SMILES string of the molecule is CC[C@H](NC(=O)N[C@H]1CCCOc2ccccc21)c1nc(C)cs1. The maximum atomic E-state index is 12.5. The third kappa shape index (κ3) is 3.87. The minimum Gasteiger partial charge on any atom is -0.493 e. The van der Waals surface area contributed by atoms with E-state index < -0.39 is 0 Å². The number of para-hydroxylation sites is 1. The molecule has 0 fully saturated rings. The molecule has 1 aromatic heterocycles. The molecule has 2 heterocycles. The first-order valence-electron chi connectivity index (χ1n) is 8.38. The number of carbonyl (C=O) groups is 1. The highest BCUT2D eigenvalue weighted by atomic mass is 32.1. The Balaban J connectivity index is 1.68. The molecule has 0 saturated heterocycles. The Kier molecular flexibility index (Phi) is 5.35. The van der Waals surface area contributed by atoms with Crippen molar-refractivity contribution in [3.8, 4) is 5.75 Å². The Morgan fingerprint density at radius 2 is 2.29 bits per heavy atom. The lowest BCUT2D eigenvalue weighted by Gasteiger charge is -2.21. The summed E-state index contributed by atoms with van der Waals surface area (Å²) in [6.07, 6.45) is 2.60. The molecule has 2 amide bonds. The van der Waals surface area contributed by atoms with E-state index in [1.54, 1.807) is 11.3 Å². The number of nitrogens with zero attached hydrogens (tertiary/aromatic N) is 1. The van der Waals surface area contributed by atoms with E-state index >= 15 is 0 Å². The molecule has 128 valence electrons. The van der Waals surface area contributed by atoms with Crippen LogP contribution in [0.3, 0.4) is 0 Å². The predicted octanol–water partition coefficient (Wildman–Crippen LogP) is 4.12. The molecule has 1 aromatic carbocycles. The highest BCUT2D eigenvalue weighted by molar-refractivity contribution is 7.09. The van der Waals surface area contributed by atoms with Gasteiger partial charge in [-0.15, -0.1) is 11.3 Å². The van der Waals surface area contributed by atoms with Gasteiger partial charge in [-0.25, -0.2) is 9.78 Å². The first kappa shape index (κ1) is 16.8. The van der Waals surface area contributed by atoms with Crippen molar-refractivity contribution in [2.24, 2.45) is 0 Å². The zero-order valence-corrected chi connectivity index (χ0v) is 14.9. The van der Waals surface area contributed by atoms with E-state index in [1.807, 2.05) is 36.6 Å². The van der Waals surface area contributed by atoms with E-state index in [9.17, 15) is 4.79 Å². The number of rotatable bonds is 4. The molecule has 0 spiro atoms. The minimum absolute atomic E-state index is 0.0285. The third-order valence-corrected chi connectivity index (χ3v) is 5.22. The lowest BCUT2D eigenvalue weighted by molar-refractivity contribution is 0.232. The van der Waals surface area contributed by atoms with Crippen molar-refractivity contribution in [1.82, 2.24) is 15.6 Å². The molecule has 0 saturated carbocycles. The molecule has 0 aliphatic carbocycles. The minimum atomic E-state index is -0.156. The first-order chi connectivity index (χ1) is 11.7. The monoisotopic (exact) mass is 345 g/mol. The van der Waals surface area contributed by atoms with Crippen LogP contribution in [0.5, 0.6) is 5.75 Å². The molecule has 1 aliphatic heterocycles. The van der Waals surface area contributed by atoms with Crippen LogP contribution in [0.25, 0.3) is 0 Å². The smallest absolute Gasteiger partial charge is 0.315 e. The van der Waals surface area contributed by atoms with Gasteiger partial charge in [0.25, 0.3) is 0 Å². The molecular formula is C18H23N3O2S. The van der Waals surface area contributed by atoms with E-state index in [0.717, 1.165) is 41.3 Å². The molecule has 2 N–H and O–H groups in total. The van der Waals surface area contributed by atoms with Gasteiger partial charge in [0.15, 0.2) is 0 Å². The lowest BCUT2D eigenvalue weighted by atomic mass is 10.0. The molecule has 0 bridgehead atoms. The number of aryl methyl sites for hydroxylation is 1. The number of amides is 2. The highest BCUT2D eigenvalue weighted by Crippen LogP contribution is 2.31. The Bertz CT molecular complexity index is 701. The standard InChI is InChI=1S/C18H23N3O2S/c1-3-14(17-19-12(2)11-24-17)20-18(22)21-15-8-6-10-23-16-9-5-4-7-13(15)16/h4-5,7,9,11,14-15H,3,6,8,10H2,1-2H3,(H2,20,21,22)/t14-,15-/m0/s1. The second-order valence-corrected chi connectivity index (χ2v) is 6.88. The van der Waals surface area contributed by atoms with Crippen LogP contribution >= 0.6 is 11.3 Å². The van der Waals surface area contributed by atoms with Gasteiger partial charge in [-0.1, -0.05) is 25.1 Å². The topological polar surface area (TPSA) is 63.2 Å². The summed E-state index contributed by atoms with van der Waals surface area (Å²) >= 11 is 1.59. The lowest BCUT2D eigenvalue weighted by Crippen LogP contribution is -2.39. The summed E-state index contributed by atoms with van der Waals surface area (Å²) in [5.41, 5.74) is 2.04. The van der Waals surface area contributed by atoms with E-state index in [0.29, 0.717) is 6.61 Å². The number of hydrogen-bond donors (Lipinski definition) is 2. The van der Waals surface area contributed by atoms with Gasteiger partial charge in [0.2, 0.25) is 0 Å². The Labute approximate surface area is 146 Å². The van der Waals surface area contributed by atoms with Crippen molar-refractivity contribution in [2.45, 2.75) is 45.2 Å². The van der Waals surface area contributed by atoms with Gasteiger partial charge in [0.05, 0.1) is 18.7 Å². The summed E-state index contributed by atoms with van der Waals surface area (Å²) in [4.78, 5) is 17.0. The van der Waals surface area contributed by atoms with Gasteiger partial charge in [-0.3, -0.25) is 0 Å². The highest BCUT2D eigenvalue weighted by Gasteiger charge is 2.23. The predicted molar refractivity (Wildman–Crippen MR) is 95.5 cm³/mol. The van der Waals surface area contributed by atoms with Crippen LogP contribution in [0.1, 0.15) is 54.5 Å². The van der Waals surface area contributed by atoms with Crippen LogP contribution < -0.4 is 15.4 Å². The number of benzene rings is 1. The summed E-state index contributed by atoms with van der Waals surface area (Å²) in [5.74, 6) is 0.864. The number of ether oxygens (including phenoxy) is 1. The van der Waals surface area contributed by atoms with Crippen molar-refractivity contribution in [3.63, 3.8) is 0 Å². The Morgan fingerprint density at radius 3 is 3.04 bits per heavy atom.